The van der Waals surface area contributed by atoms with E-state index in [-0.39, 0.29) is 24.8 Å². The van der Waals surface area contributed by atoms with Crippen molar-refractivity contribution in [3.8, 4) is 0 Å². The Morgan fingerprint density at radius 3 is 2.60 bits per heavy atom. The summed E-state index contributed by atoms with van der Waals surface area (Å²) in [6.45, 7) is 2.19. The first-order chi connectivity index (χ1) is 9.56. The van der Waals surface area contributed by atoms with Crippen molar-refractivity contribution < 1.29 is 9.59 Å². The van der Waals surface area contributed by atoms with Crippen LogP contribution < -0.4 is 0 Å². The third-order valence-corrected chi connectivity index (χ3v) is 3.66. The molecule has 20 heavy (non-hydrogen) atoms. The van der Waals surface area contributed by atoms with Crippen LogP contribution in [-0.4, -0.2) is 54.7 Å². The van der Waals surface area contributed by atoms with E-state index in [9.17, 15) is 9.59 Å². The van der Waals surface area contributed by atoms with Crippen molar-refractivity contribution in [2.45, 2.75) is 12.8 Å². The van der Waals surface area contributed by atoms with Gasteiger partial charge in [-0.3, -0.25) is 14.5 Å². The zero-order chi connectivity index (χ0) is 14.5. The fourth-order valence-electron chi connectivity index (χ4n) is 2.35. The molecule has 0 atom stereocenters. The van der Waals surface area contributed by atoms with E-state index in [0.29, 0.717) is 10.6 Å². The Morgan fingerprint density at radius 1 is 1.25 bits per heavy atom. The molecule has 0 aliphatic carbocycles. The number of carbonyl (C=O) groups is 2. The summed E-state index contributed by atoms with van der Waals surface area (Å²) >= 11 is 5.87. The van der Waals surface area contributed by atoms with Gasteiger partial charge in [0.1, 0.15) is 0 Å². The summed E-state index contributed by atoms with van der Waals surface area (Å²) in [7, 11) is 1.79. The van der Waals surface area contributed by atoms with Gasteiger partial charge in [-0.2, -0.15) is 0 Å². The van der Waals surface area contributed by atoms with E-state index in [2.05, 4.69) is 0 Å². The molecular weight excluding hydrogens is 276 g/mol. The van der Waals surface area contributed by atoms with Crippen LogP contribution in [0.3, 0.4) is 0 Å². The summed E-state index contributed by atoms with van der Waals surface area (Å²) in [6.07, 6.45) is 2.16. The van der Waals surface area contributed by atoms with E-state index in [0.717, 1.165) is 25.9 Å². The Bertz CT molecular complexity index is 498. The minimum atomic E-state index is -0.0239. The summed E-state index contributed by atoms with van der Waals surface area (Å²) in [4.78, 5) is 27.7. The van der Waals surface area contributed by atoms with Gasteiger partial charge in [-0.1, -0.05) is 23.7 Å². The first kappa shape index (κ1) is 15.0. The molecule has 1 heterocycles. The van der Waals surface area contributed by atoms with Gasteiger partial charge in [0.25, 0.3) is 0 Å². The number of carbonyl (C=O) groups excluding carboxylic acids is 2. The van der Waals surface area contributed by atoms with E-state index in [1.807, 2.05) is 4.90 Å². The van der Waals surface area contributed by atoms with E-state index < -0.39 is 0 Å². The molecule has 0 bridgehead atoms. The maximum absolute atomic E-state index is 12.1. The van der Waals surface area contributed by atoms with Gasteiger partial charge in [-0.25, -0.2) is 0 Å². The fraction of sp³-hybridized carbons (Fsp3) is 0.467. The molecule has 0 saturated carbocycles. The SMILES string of the molecule is CN(CC(=O)c1cccc(Cl)c1)CC(=O)N1CCCC1. The number of hydrogen-bond donors (Lipinski definition) is 0. The second-order valence-corrected chi connectivity index (χ2v) is 5.63. The van der Waals surface area contributed by atoms with Gasteiger partial charge >= 0.3 is 0 Å². The fourth-order valence-corrected chi connectivity index (χ4v) is 2.54. The van der Waals surface area contributed by atoms with Crippen LogP contribution in [0.5, 0.6) is 0 Å². The summed E-state index contributed by atoms with van der Waals surface area (Å²) < 4.78 is 0. The largest absolute Gasteiger partial charge is 0.342 e. The predicted octanol–water partition coefficient (Wildman–Crippen LogP) is 2.08. The van der Waals surface area contributed by atoms with Crippen molar-refractivity contribution in [3.05, 3.63) is 34.9 Å². The lowest BCUT2D eigenvalue weighted by atomic mass is 10.1. The lowest BCUT2D eigenvalue weighted by molar-refractivity contribution is -0.130. The predicted molar refractivity (Wildman–Crippen MR) is 79.1 cm³/mol. The van der Waals surface area contributed by atoms with Crippen molar-refractivity contribution >= 4 is 23.3 Å². The molecule has 0 N–H and O–H groups in total. The van der Waals surface area contributed by atoms with Gasteiger partial charge in [-0.05, 0) is 32.0 Å². The Kier molecular flexibility index (Phi) is 5.15. The highest BCUT2D eigenvalue weighted by molar-refractivity contribution is 6.31. The minimum absolute atomic E-state index is 0.0239. The molecular formula is C15H19ClN2O2. The summed E-state index contributed by atoms with van der Waals surface area (Å²) in [6, 6.07) is 6.88. The summed E-state index contributed by atoms with van der Waals surface area (Å²) in [5.74, 6) is 0.0770. The molecule has 1 saturated heterocycles. The Morgan fingerprint density at radius 2 is 1.95 bits per heavy atom. The highest BCUT2D eigenvalue weighted by atomic mass is 35.5. The zero-order valence-corrected chi connectivity index (χ0v) is 12.4. The van der Waals surface area contributed by atoms with E-state index in [4.69, 9.17) is 11.6 Å². The normalized spacial score (nSPS) is 14.8. The maximum atomic E-state index is 12.1. The molecule has 108 valence electrons. The van der Waals surface area contributed by atoms with E-state index >= 15 is 0 Å². The molecule has 1 aromatic carbocycles. The van der Waals surface area contributed by atoms with E-state index in [1.54, 1.807) is 36.2 Å². The van der Waals surface area contributed by atoms with Gasteiger partial charge in [-0.15, -0.1) is 0 Å². The number of nitrogens with zero attached hydrogens (tertiary/aromatic N) is 2. The number of hydrogen-bond acceptors (Lipinski definition) is 3. The van der Waals surface area contributed by atoms with Gasteiger partial charge in [0.15, 0.2) is 5.78 Å². The van der Waals surface area contributed by atoms with Crippen molar-refractivity contribution in [1.29, 1.82) is 0 Å². The van der Waals surface area contributed by atoms with Crippen molar-refractivity contribution in [2.24, 2.45) is 0 Å². The number of Topliss-reactive ketones (excluding diaryl/α,β-unsaturated/α-hetero) is 1. The maximum Gasteiger partial charge on any atom is 0.236 e. The van der Waals surface area contributed by atoms with Crippen LogP contribution in [0, 0.1) is 0 Å². The van der Waals surface area contributed by atoms with Crippen LogP contribution >= 0.6 is 11.6 Å². The Hall–Kier alpha value is -1.39. The second-order valence-electron chi connectivity index (χ2n) is 5.19. The Labute approximate surface area is 124 Å². The third-order valence-electron chi connectivity index (χ3n) is 3.42. The Balaban J connectivity index is 1.86. The summed E-state index contributed by atoms with van der Waals surface area (Å²) in [5, 5.41) is 0.548. The molecule has 5 heteroatoms. The smallest absolute Gasteiger partial charge is 0.236 e. The number of likely N-dealkylation sites (N-methyl/N-ethyl adjacent to an activating group) is 1. The first-order valence-electron chi connectivity index (χ1n) is 6.81. The lowest BCUT2D eigenvalue weighted by Crippen LogP contribution is -2.39. The molecule has 1 aliphatic rings. The molecule has 1 aromatic rings. The number of benzene rings is 1. The average molecular weight is 295 g/mol. The molecule has 0 aromatic heterocycles. The molecule has 0 radical (unpaired) electrons. The second kappa shape index (κ2) is 6.86. The number of amides is 1. The zero-order valence-electron chi connectivity index (χ0n) is 11.6. The van der Waals surface area contributed by atoms with Crippen LogP contribution in [0.1, 0.15) is 23.2 Å². The van der Waals surface area contributed by atoms with Crippen LogP contribution in [0.15, 0.2) is 24.3 Å². The van der Waals surface area contributed by atoms with Crippen LogP contribution in [0.2, 0.25) is 5.02 Å². The van der Waals surface area contributed by atoms with Crippen molar-refractivity contribution in [1.82, 2.24) is 9.80 Å². The monoisotopic (exact) mass is 294 g/mol. The molecule has 1 aliphatic heterocycles. The van der Waals surface area contributed by atoms with Crippen LogP contribution in [-0.2, 0) is 4.79 Å². The number of halogens is 1. The van der Waals surface area contributed by atoms with Crippen molar-refractivity contribution in [3.63, 3.8) is 0 Å². The molecule has 1 fully saturated rings. The molecule has 1 amide bonds. The van der Waals surface area contributed by atoms with Gasteiger partial charge < -0.3 is 4.90 Å². The molecule has 4 nitrogen and oxygen atoms in total. The van der Waals surface area contributed by atoms with Gasteiger partial charge in [0.2, 0.25) is 5.91 Å². The number of ketones is 1. The molecule has 0 unspecified atom stereocenters. The van der Waals surface area contributed by atoms with E-state index in [1.165, 1.54) is 0 Å². The highest BCUT2D eigenvalue weighted by Crippen LogP contribution is 2.12. The van der Waals surface area contributed by atoms with Crippen LogP contribution in [0.4, 0.5) is 0 Å². The quantitative estimate of drug-likeness (QED) is 0.781. The summed E-state index contributed by atoms with van der Waals surface area (Å²) in [5.41, 5.74) is 0.581. The van der Waals surface area contributed by atoms with Gasteiger partial charge in [0.05, 0.1) is 13.1 Å². The number of rotatable bonds is 5. The lowest BCUT2D eigenvalue weighted by Gasteiger charge is -2.20. The van der Waals surface area contributed by atoms with Crippen LogP contribution in [0.25, 0.3) is 0 Å². The first-order valence-corrected chi connectivity index (χ1v) is 7.19. The standard InChI is InChI=1S/C15H19ClN2O2/c1-17(11-15(20)18-7-2-3-8-18)10-14(19)12-5-4-6-13(16)9-12/h4-6,9H,2-3,7-8,10-11H2,1H3. The van der Waals surface area contributed by atoms with Crippen molar-refractivity contribution in [2.75, 3.05) is 33.2 Å². The molecule has 2 rings (SSSR count). The number of likely N-dealkylation sites (tertiary alicyclic amines) is 1. The average Bonchev–Trinajstić information content (AvgIpc) is 2.92. The van der Waals surface area contributed by atoms with Gasteiger partial charge in [0, 0.05) is 23.7 Å². The molecule has 0 spiro atoms. The minimum Gasteiger partial charge on any atom is -0.342 e. The third kappa shape index (κ3) is 4.05. The topological polar surface area (TPSA) is 40.6 Å². The highest BCUT2D eigenvalue weighted by Gasteiger charge is 2.20.